The molecular formula is C20H30O3. The first-order valence-corrected chi connectivity index (χ1v) is 8.80. The average Bonchev–Trinajstić information content (AvgIpc) is 2.77. The van der Waals surface area contributed by atoms with E-state index in [-0.39, 0.29) is 22.5 Å². The van der Waals surface area contributed by atoms with E-state index in [1.807, 2.05) is 13.8 Å². The average molecular weight is 318 g/mol. The second kappa shape index (κ2) is 5.06. The Morgan fingerprint density at radius 3 is 2.30 bits per heavy atom. The fourth-order valence-corrected chi connectivity index (χ4v) is 5.46. The molecule has 1 aromatic rings. The summed E-state index contributed by atoms with van der Waals surface area (Å²) in [6, 6.07) is 0. The van der Waals surface area contributed by atoms with Crippen LogP contribution < -0.4 is 4.74 Å². The smallest absolute Gasteiger partial charge is 0.167 e. The summed E-state index contributed by atoms with van der Waals surface area (Å²) in [5.74, 6) is 1.61. The zero-order chi connectivity index (χ0) is 17.2. The molecule has 2 aliphatic carbocycles. The quantitative estimate of drug-likeness (QED) is 0.765. The summed E-state index contributed by atoms with van der Waals surface area (Å²) < 4.78 is 5.51. The van der Waals surface area contributed by atoms with E-state index in [4.69, 9.17) is 4.74 Å². The first-order valence-electron chi connectivity index (χ1n) is 8.80. The highest BCUT2D eigenvalue weighted by atomic mass is 16.5. The van der Waals surface area contributed by atoms with Gasteiger partial charge in [-0.15, -0.1) is 0 Å². The van der Waals surface area contributed by atoms with Gasteiger partial charge in [-0.2, -0.15) is 0 Å². The van der Waals surface area contributed by atoms with Crippen LogP contribution in [-0.2, 0) is 11.8 Å². The topological polar surface area (TPSA) is 49.7 Å². The van der Waals surface area contributed by atoms with Crippen molar-refractivity contribution in [3.8, 4) is 17.2 Å². The molecule has 2 N–H and O–H groups in total. The number of phenolic OH excluding ortho intramolecular Hbond substituents is 2. The highest BCUT2D eigenvalue weighted by molar-refractivity contribution is 5.67. The lowest BCUT2D eigenvalue weighted by molar-refractivity contribution is 0.0690. The number of hydrogen-bond acceptors (Lipinski definition) is 3. The van der Waals surface area contributed by atoms with Crippen LogP contribution in [0, 0.1) is 11.3 Å². The molecule has 2 aliphatic rings. The molecule has 0 aliphatic heterocycles. The van der Waals surface area contributed by atoms with Crippen LogP contribution in [0.1, 0.15) is 76.5 Å². The van der Waals surface area contributed by atoms with Crippen LogP contribution >= 0.6 is 0 Å². The van der Waals surface area contributed by atoms with Crippen molar-refractivity contribution < 1.29 is 14.9 Å². The van der Waals surface area contributed by atoms with E-state index in [1.165, 1.54) is 6.42 Å². The first-order chi connectivity index (χ1) is 10.6. The third-order valence-electron chi connectivity index (χ3n) is 6.53. The van der Waals surface area contributed by atoms with E-state index >= 15 is 0 Å². The second-order valence-electron chi connectivity index (χ2n) is 8.67. The van der Waals surface area contributed by atoms with Crippen molar-refractivity contribution in [1.82, 2.24) is 0 Å². The van der Waals surface area contributed by atoms with Gasteiger partial charge >= 0.3 is 0 Å². The van der Waals surface area contributed by atoms with E-state index in [9.17, 15) is 10.2 Å². The monoisotopic (exact) mass is 318 g/mol. The summed E-state index contributed by atoms with van der Waals surface area (Å²) in [6.45, 7) is 11.0. The normalized spacial score (nSPS) is 28.6. The predicted molar refractivity (Wildman–Crippen MR) is 92.6 cm³/mol. The van der Waals surface area contributed by atoms with Crippen molar-refractivity contribution >= 4 is 0 Å². The Morgan fingerprint density at radius 2 is 1.74 bits per heavy atom. The fraction of sp³-hybridized carbons (Fsp3) is 0.700. The molecule has 3 rings (SSSR count). The molecule has 1 fully saturated rings. The standard InChI is InChI=1S/C20H30O3/c1-11(2)14-16(21)12-10-13-19(3,4)8-7-9-20(13,5)15(12)17(22)18(14)23-6/h11,13,21-22H,7-10H2,1-6H3/t13-,20-/m0/s1. The van der Waals surface area contributed by atoms with Crippen LogP contribution in [0.5, 0.6) is 17.2 Å². The molecule has 0 spiro atoms. The molecule has 0 aromatic heterocycles. The summed E-state index contributed by atoms with van der Waals surface area (Å²) in [4.78, 5) is 0. The molecule has 128 valence electrons. The third kappa shape index (κ3) is 2.08. The Hall–Kier alpha value is -1.38. The van der Waals surface area contributed by atoms with E-state index < -0.39 is 0 Å². The highest BCUT2D eigenvalue weighted by Crippen LogP contribution is 2.64. The Balaban J connectivity index is 2.30. The van der Waals surface area contributed by atoms with Crippen molar-refractivity contribution in [1.29, 1.82) is 0 Å². The van der Waals surface area contributed by atoms with Gasteiger partial charge in [-0.1, -0.05) is 41.0 Å². The molecular weight excluding hydrogens is 288 g/mol. The summed E-state index contributed by atoms with van der Waals surface area (Å²) in [5.41, 5.74) is 2.77. The number of rotatable bonds is 2. The van der Waals surface area contributed by atoms with Crippen LogP contribution in [0.3, 0.4) is 0 Å². The van der Waals surface area contributed by atoms with Gasteiger partial charge in [0.05, 0.1) is 7.11 Å². The van der Waals surface area contributed by atoms with Crippen molar-refractivity contribution in [3.05, 3.63) is 16.7 Å². The summed E-state index contributed by atoms with van der Waals surface area (Å²) in [6.07, 6.45) is 4.28. The van der Waals surface area contributed by atoms with Gasteiger partial charge in [0.15, 0.2) is 11.5 Å². The maximum absolute atomic E-state index is 11.0. The van der Waals surface area contributed by atoms with E-state index in [2.05, 4.69) is 20.8 Å². The van der Waals surface area contributed by atoms with Crippen molar-refractivity contribution in [3.63, 3.8) is 0 Å². The van der Waals surface area contributed by atoms with Gasteiger partial charge in [0.25, 0.3) is 0 Å². The molecule has 1 aromatic carbocycles. The Morgan fingerprint density at radius 1 is 1.09 bits per heavy atom. The van der Waals surface area contributed by atoms with Crippen LogP contribution in [0.25, 0.3) is 0 Å². The van der Waals surface area contributed by atoms with Crippen molar-refractivity contribution in [2.45, 2.75) is 71.6 Å². The van der Waals surface area contributed by atoms with Crippen LogP contribution in [0.15, 0.2) is 0 Å². The maximum Gasteiger partial charge on any atom is 0.167 e. The Kier molecular flexibility index (Phi) is 3.62. The highest BCUT2D eigenvalue weighted by Gasteiger charge is 2.54. The molecule has 0 unspecified atom stereocenters. The molecule has 0 saturated heterocycles. The predicted octanol–water partition coefficient (Wildman–Crippen LogP) is 4.87. The Labute approximate surface area is 139 Å². The van der Waals surface area contributed by atoms with Gasteiger partial charge in [0, 0.05) is 22.1 Å². The number of hydrogen-bond donors (Lipinski definition) is 2. The number of benzene rings is 1. The molecule has 0 amide bonds. The van der Waals surface area contributed by atoms with Crippen LogP contribution in [-0.4, -0.2) is 17.3 Å². The molecule has 0 heterocycles. The summed E-state index contributed by atoms with van der Waals surface area (Å²) in [5, 5.41) is 22.0. The number of fused-ring (bicyclic) bond motifs is 3. The minimum atomic E-state index is -0.0819. The number of ether oxygens (including phenoxy) is 1. The molecule has 23 heavy (non-hydrogen) atoms. The van der Waals surface area contributed by atoms with E-state index in [0.717, 1.165) is 36.0 Å². The molecule has 2 atom stereocenters. The molecule has 3 heteroatoms. The van der Waals surface area contributed by atoms with Crippen LogP contribution in [0.2, 0.25) is 0 Å². The maximum atomic E-state index is 11.0. The Bertz CT molecular complexity index is 645. The lowest BCUT2D eigenvalue weighted by Gasteiger charge is -2.47. The first kappa shape index (κ1) is 16.5. The van der Waals surface area contributed by atoms with E-state index in [0.29, 0.717) is 17.4 Å². The third-order valence-corrected chi connectivity index (χ3v) is 6.53. The molecule has 0 bridgehead atoms. The fourth-order valence-electron chi connectivity index (χ4n) is 5.46. The summed E-state index contributed by atoms with van der Waals surface area (Å²) in [7, 11) is 1.58. The minimum absolute atomic E-state index is 0.0819. The van der Waals surface area contributed by atoms with E-state index in [1.54, 1.807) is 7.11 Å². The number of phenols is 2. The van der Waals surface area contributed by atoms with Gasteiger partial charge in [0.1, 0.15) is 5.75 Å². The zero-order valence-corrected chi connectivity index (χ0v) is 15.3. The van der Waals surface area contributed by atoms with Gasteiger partial charge in [-0.05, 0) is 36.5 Å². The molecule has 1 saturated carbocycles. The van der Waals surface area contributed by atoms with Crippen molar-refractivity contribution in [2.24, 2.45) is 11.3 Å². The van der Waals surface area contributed by atoms with Crippen LogP contribution in [0.4, 0.5) is 0 Å². The summed E-state index contributed by atoms with van der Waals surface area (Å²) >= 11 is 0. The lowest BCUT2D eigenvalue weighted by Crippen LogP contribution is -2.42. The largest absolute Gasteiger partial charge is 0.507 e. The van der Waals surface area contributed by atoms with Gasteiger partial charge in [-0.3, -0.25) is 0 Å². The van der Waals surface area contributed by atoms with Gasteiger partial charge in [0.2, 0.25) is 0 Å². The molecule has 0 radical (unpaired) electrons. The SMILES string of the molecule is COc1c(O)c2c(c(O)c1C(C)C)C[C@H]1C(C)(C)CCC[C@]21C. The number of aromatic hydroxyl groups is 2. The number of methoxy groups -OCH3 is 1. The van der Waals surface area contributed by atoms with Gasteiger partial charge in [-0.25, -0.2) is 0 Å². The lowest BCUT2D eigenvalue weighted by atomic mass is 9.57. The van der Waals surface area contributed by atoms with Crippen molar-refractivity contribution in [2.75, 3.05) is 7.11 Å². The second-order valence-corrected chi connectivity index (χ2v) is 8.67. The minimum Gasteiger partial charge on any atom is -0.507 e. The zero-order valence-electron chi connectivity index (χ0n) is 15.3. The van der Waals surface area contributed by atoms with Gasteiger partial charge < -0.3 is 14.9 Å². The molecule has 3 nitrogen and oxygen atoms in total.